The largest absolute Gasteiger partial charge is 0.0843 e. The highest BCUT2D eigenvalue weighted by Gasteiger charge is 1.99. The van der Waals surface area contributed by atoms with Gasteiger partial charge in [-0.15, -0.1) is 0 Å². The lowest BCUT2D eigenvalue weighted by Crippen LogP contribution is -1.96. The third-order valence-corrected chi connectivity index (χ3v) is 2.45. The first-order chi connectivity index (χ1) is 5.72. The summed E-state index contributed by atoms with van der Waals surface area (Å²) in [5.41, 5.74) is 1.38. The van der Waals surface area contributed by atoms with E-state index in [9.17, 15) is 0 Å². The van der Waals surface area contributed by atoms with Crippen LogP contribution in [-0.2, 0) is 6.42 Å². The number of hydrogen-bond acceptors (Lipinski definition) is 0. The van der Waals surface area contributed by atoms with Gasteiger partial charge in [0.05, 0.1) is 0 Å². The summed E-state index contributed by atoms with van der Waals surface area (Å²) in [5, 5.41) is 0.822. The fourth-order valence-corrected chi connectivity index (χ4v) is 1.29. The van der Waals surface area contributed by atoms with Crippen LogP contribution in [0.3, 0.4) is 0 Å². The molecule has 0 aromatic heterocycles. The van der Waals surface area contributed by atoms with E-state index >= 15 is 0 Å². The standard InChI is InChI=1S/C11H15Cl/c1-3-9(2)8-10-4-6-11(12)7-5-10/h4-7,9H,3,8H2,1-2H3. The van der Waals surface area contributed by atoms with E-state index in [2.05, 4.69) is 26.0 Å². The fourth-order valence-electron chi connectivity index (χ4n) is 1.17. The minimum absolute atomic E-state index is 0.770. The maximum absolute atomic E-state index is 5.78. The molecule has 12 heavy (non-hydrogen) atoms. The quantitative estimate of drug-likeness (QED) is 0.665. The third kappa shape index (κ3) is 2.86. The summed E-state index contributed by atoms with van der Waals surface area (Å²) in [5.74, 6) is 0.770. The highest BCUT2D eigenvalue weighted by molar-refractivity contribution is 6.30. The Bertz CT molecular complexity index is 225. The predicted molar refractivity (Wildman–Crippen MR) is 54.6 cm³/mol. The summed E-state index contributed by atoms with van der Waals surface area (Å²) in [7, 11) is 0. The third-order valence-electron chi connectivity index (χ3n) is 2.19. The predicted octanol–water partition coefficient (Wildman–Crippen LogP) is 3.93. The van der Waals surface area contributed by atoms with Crippen LogP contribution in [0.2, 0.25) is 5.02 Å². The van der Waals surface area contributed by atoms with Gasteiger partial charge in [0.2, 0.25) is 0 Å². The molecular weight excluding hydrogens is 168 g/mol. The van der Waals surface area contributed by atoms with Gasteiger partial charge in [-0.2, -0.15) is 0 Å². The van der Waals surface area contributed by atoms with E-state index in [0.29, 0.717) is 0 Å². The Morgan fingerprint density at radius 3 is 2.33 bits per heavy atom. The van der Waals surface area contributed by atoms with Gasteiger partial charge >= 0.3 is 0 Å². The van der Waals surface area contributed by atoms with E-state index < -0.39 is 0 Å². The molecule has 1 aromatic carbocycles. The summed E-state index contributed by atoms with van der Waals surface area (Å²) < 4.78 is 0. The van der Waals surface area contributed by atoms with Gasteiger partial charge in [0, 0.05) is 5.02 Å². The van der Waals surface area contributed by atoms with Crippen molar-refractivity contribution in [2.75, 3.05) is 0 Å². The molecule has 66 valence electrons. The molecule has 0 spiro atoms. The lowest BCUT2D eigenvalue weighted by Gasteiger charge is -2.07. The van der Waals surface area contributed by atoms with Crippen LogP contribution in [0.25, 0.3) is 0 Å². The molecule has 0 bridgehead atoms. The molecule has 0 nitrogen and oxygen atoms in total. The molecular formula is C11H15Cl. The molecule has 0 heterocycles. The van der Waals surface area contributed by atoms with Gasteiger partial charge in [-0.05, 0) is 30.0 Å². The fraction of sp³-hybridized carbons (Fsp3) is 0.455. The Morgan fingerprint density at radius 1 is 1.25 bits per heavy atom. The average Bonchev–Trinajstić information content (AvgIpc) is 2.09. The van der Waals surface area contributed by atoms with Gasteiger partial charge in [-0.1, -0.05) is 44.0 Å². The van der Waals surface area contributed by atoms with Crippen molar-refractivity contribution in [2.45, 2.75) is 26.7 Å². The van der Waals surface area contributed by atoms with Gasteiger partial charge < -0.3 is 0 Å². The minimum Gasteiger partial charge on any atom is -0.0843 e. The summed E-state index contributed by atoms with van der Waals surface area (Å²) in [6, 6.07) is 8.13. The van der Waals surface area contributed by atoms with Crippen molar-refractivity contribution in [1.29, 1.82) is 0 Å². The number of hydrogen-bond donors (Lipinski definition) is 0. The number of rotatable bonds is 3. The monoisotopic (exact) mass is 182 g/mol. The Kier molecular flexibility index (Phi) is 3.61. The van der Waals surface area contributed by atoms with E-state index in [1.54, 1.807) is 0 Å². The van der Waals surface area contributed by atoms with Crippen LogP contribution in [0.4, 0.5) is 0 Å². The van der Waals surface area contributed by atoms with Crippen LogP contribution in [0.5, 0.6) is 0 Å². The van der Waals surface area contributed by atoms with Crippen LogP contribution in [0.1, 0.15) is 25.8 Å². The summed E-state index contributed by atoms with van der Waals surface area (Å²) >= 11 is 5.78. The van der Waals surface area contributed by atoms with Crippen molar-refractivity contribution in [3.8, 4) is 0 Å². The molecule has 0 amide bonds. The van der Waals surface area contributed by atoms with Crippen molar-refractivity contribution in [2.24, 2.45) is 5.92 Å². The Balaban J connectivity index is 2.58. The Hall–Kier alpha value is -0.490. The molecule has 0 radical (unpaired) electrons. The van der Waals surface area contributed by atoms with Crippen LogP contribution in [-0.4, -0.2) is 0 Å². The summed E-state index contributed by atoms with van der Waals surface area (Å²) in [6.45, 7) is 4.50. The molecule has 0 aliphatic carbocycles. The topological polar surface area (TPSA) is 0 Å². The van der Waals surface area contributed by atoms with Gasteiger partial charge in [-0.25, -0.2) is 0 Å². The Morgan fingerprint density at radius 2 is 1.83 bits per heavy atom. The Labute approximate surface area is 79.6 Å². The molecule has 0 N–H and O–H groups in total. The van der Waals surface area contributed by atoms with E-state index in [0.717, 1.165) is 17.4 Å². The van der Waals surface area contributed by atoms with Crippen LogP contribution < -0.4 is 0 Å². The second-order valence-corrected chi connectivity index (χ2v) is 3.78. The van der Waals surface area contributed by atoms with Crippen molar-refractivity contribution in [3.63, 3.8) is 0 Å². The van der Waals surface area contributed by atoms with Gasteiger partial charge in [0.1, 0.15) is 0 Å². The first-order valence-electron chi connectivity index (χ1n) is 4.46. The first-order valence-corrected chi connectivity index (χ1v) is 4.84. The van der Waals surface area contributed by atoms with E-state index in [1.165, 1.54) is 12.0 Å². The van der Waals surface area contributed by atoms with E-state index in [4.69, 9.17) is 11.6 Å². The number of benzene rings is 1. The van der Waals surface area contributed by atoms with Gasteiger partial charge in [0.25, 0.3) is 0 Å². The molecule has 0 saturated heterocycles. The molecule has 1 unspecified atom stereocenters. The van der Waals surface area contributed by atoms with Crippen molar-refractivity contribution < 1.29 is 0 Å². The highest BCUT2D eigenvalue weighted by atomic mass is 35.5. The SMILES string of the molecule is CCC(C)Cc1ccc(Cl)cc1. The summed E-state index contributed by atoms with van der Waals surface area (Å²) in [6.07, 6.45) is 2.40. The number of halogens is 1. The van der Waals surface area contributed by atoms with E-state index in [-0.39, 0.29) is 0 Å². The van der Waals surface area contributed by atoms with Crippen molar-refractivity contribution in [3.05, 3.63) is 34.9 Å². The zero-order valence-electron chi connectivity index (χ0n) is 7.68. The molecule has 1 atom stereocenters. The zero-order valence-corrected chi connectivity index (χ0v) is 8.43. The lowest BCUT2D eigenvalue weighted by atomic mass is 9.99. The zero-order chi connectivity index (χ0) is 8.97. The minimum atomic E-state index is 0.770. The molecule has 1 aromatic rings. The second kappa shape index (κ2) is 4.51. The van der Waals surface area contributed by atoms with E-state index in [1.807, 2.05) is 12.1 Å². The molecule has 0 fully saturated rings. The molecule has 0 aliphatic rings. The lowest BCUT2D eigenvalue weighted by molar-refractivity contribution is 0.560. The van der Waals surface area contributed by atoms with Gasteiger partial charge in [0.15, 0.2) is 0 Å². The maximum Gasteiger partial charge on any atom is 0.0406 e. The smallest absolute Gasteiger partial charge is 0.0406 e. The molecule has 0 aliphatic heterocycles. The van der Waals surface area contributed by atoms with Crippen LogP contribution in [0, 0.1) is 5.92 Å². The second-order valence-electron chi connectivity index (χ2n) is 3.34. The maximum atomic E-state index is 5.78. The van der Waals surface area contributed by atoms with Crippen LogP contribution >= 0.6 is 11.6 Å². The van der Waals surface area contributed by atoms with Gasteiger partial charge in [-0.3, -0.25) is 0 Å². The van der Waals surface area contributed by atoms with Crippen LogP contribution in [0.15, 0.2) is 24.3 Å². The molecule has 1 rings (SSSR count). The average molecular weight is 183 g/mol. The van der Waals surface area contributed by atoms with Crippen molar-refractivity contribution in [1.82, 2.24) is 0 Å². The first kappa shape index (κ1) is 9.60. The highest BCUT2D eigenvalue weighted by Crippen LogP contribution is 2.14. The summed E-state index contributed by atoms with van der Waals surface area (Å²) in [4.78, 5) is 0. The molecule has 1 heteroatoms. The normalized spacial score (nSPS) is 12.9. The molecule has 0 saturated carbocycles. The van der Waals surface area contributed by atoms with Crippen molar-refractivity contribution >= 4 is 11.6 Å².